The molecular weight excluding hydrogens is 158 g/mol. The van der Waals surface area contributed by atoms with Crippen LogP contribution in [0.2, 0.25) is 0 Å². The van der Waals surface area contributed by atoms with Crippen LogP contribution in [-0.2, 0) is 0 Å². The molecule has 2 rings (SSSR count). The minimum absolute atomic E-state index is 0.273. The average Bonchev–Trinajstić information content (AvgIpc) is 2.02. The third-order valence-corrected chi connectivity index (χ3v) is 3.12. The standard InChI is InChI=1S/C12H17N/c1-9-5-7-11(8-6-9)12(13)10-3-2-4-10/h5-8,10,12H,2-4,13H2,1H3/t12-/m1/s1. The molecule has 0 bridgehead atoms. The van der Waals surface area contributed by atoms with E-state index in [2.05, 4.69) is 31.2 Å². The van der Waals surface area contributed by atoms with Gasteiger partial charge in [-0.15, -0.1) is 0 Å². The Bertz CT molecular complexity index is 272. The smallest absolute Gasteiger partial charge is 0.0323 e. The van der Waals surface area contributed by atoms with Gasteiger partial charge in [0.1, 0.15) is 0 Å². The van der Waals surface area contributed by atoms with Gasteiger partial charge in [-0.2, -0.15) is 0 Å². The number of nitrogens with two attached hydrogens (primary N) is 1. The number of hydrogen-bond donors (Lipinski definition) is 1. The molecule has 2 N–H and O–H groups in total. The van der Waals surface area contributed by atoms with Crippen molar-refractivity contribution in [1.82, 2.24) is 0 Å². The fourth-order valence-corrected chi connectivity index (χ4v) is 1.86. The molecule has 0 heterocycles. The van der Waals surface area contributed by atoms with E-state index in [1.165, 1.54) is 30.4 Å². The highest BCUT2D eigenvalue weighted by Crippen LogP contribution is 2.35. The van der Waals surface area contributed by atoms with Crippen LogP contribution in [0.5, 0.6) is 0 Å². The van der Waals surface area contributed by atoms with Gasteiger partial charge in [0.25, 0.3) is 0 Å². The molecule has 1 heteroatoms. The predicted octanol–water partition coefficient (Wildman–Crippen LogP) is 2.79. The largest absolute Gasteiger partial charge is 0.324 e. The molecule has 0 unspecified atom stereocenters. The van der Waals surface area contributed by atoms with Crippen LogP contribution in [0.4, 0.5) is 0 Å². The van der Waals surface area contributed by atoms with Gasteiger partial charge in [0.05, 0.1) is 0 Å². The summed E-state index contributed by atoms with van der Waals surface area (Å²) in [6, 6.07) is 8.90. The third kappa shape index (κ3) is 1.75. The first-order chi connectivity index (χ1) is 6.27. The van der Waals surface area contributed by atoms with Crippen LogP contribution in [-0.4, -0.2) is 0 Å². The Labute approximate surface area is 80.0 Å². The molecule has 1 aromatic carbocycles. The minimum atomic E-state index is 0.273. The van der Waals surface area contributed by atoms with Crippen molar-refractivity contribution in [2.24, 2.45) is 11.7 Å². The third-order valence-electron chi connectivity index (χ3n) is 3.12. The van der Waals surface area contributed by atoms with Gasteiger partial charge in [-0.05, 0) is 31.2 Å². The zero-order chi connectivity index (χ0) is 9.26. The Morgan fingerprint density at radius 2 is 1.85 bits per heavy atom. The summed E-state index contributed by atoms with van der Waals surface area (Å²) in [5.41, 5.74) is 8.76. The van der Waals surface area contributed by atoms with Gasteiger partial charge < -0.3 is 5.73 Å². The molecule has 1 saturated carbocycles. The van der Waals surface area contributed by atoms with Crippen LogP contribution >= 0.6 is 0 Å². The van der Waals surface area contributed by atoms with Crippen molar-refractivity contribution >= 4 is 0 Å². The van der Waals surface area contributed by atoms with Gasteiger partial charge in [-0.1, -0.05) is 36.2 Å². The van der Waals surface area contributed by atoms with Crippen LogP contribution in [0, 0.1) is 12.8 Å². The summed E-state index contributed by atoms with van der Waals surface area (Å²) >= 11 is 0. The molecule has 0 spiro atoms. The topological polar surface area (TPSA) is 26.0 Å². The summed E-state index contributed by atoms with van der Waals surface area (Å²) in [7, 11) is 0. The lowest BCUT2D eigenvalue weighted by Gasteiger charge is -2.31. The molecular formula is C12H17N. The highest BCUT2D eigenvalue weighted by Gasteiger charge is 2.25. The van der Waals surface area contributed by atoms with Crippen molar-refractivity contribution in [3.63, 3.8) is 0 Å². The zero-order valence-corrected chi connectivity index (χ0v) is 8.16. The van der Waals surface area contributed by atoms with E-state index in [-0.39, 0.29) is 6.04 Å². The summed E-state index contributed by atoms with van der Waals surface area (Å²) in [5, 5.41) is 0. The van der Waals surface area contributed by atoms with Gasteiger partial charge >= 0.3 is 0 Å². The summed E-state index contributed by atoms with van der Waals surface area (Å²) in [5.74, 6) is 0.739. The first kappa shape index (κ1) is 8.76. The Hall–Kier alpha value is -0.820. The normalized spacial score (nSPS) is 19.5. The van der Waals surface area contributed by atoms with E-state index in [0.29, 0.717) is 0 Å². The van der Waals surface area contributed by atoms with E-state index >= 15 is 0 Å². The van der Waals surface area contributed by atoms with Gasteiger partial charge in [-0.25, -0.2) is 0 Å². The van der Waals surface area contributed by atoms with Crippen molar-refractivity contribution < 1.29 is 0 Å². The number of aryl methyl sites for hydroxylation is 1. The molecule has 13 heavy (non-hydrogen) atoms. The van der Waals surface area contributed by atoms with Gasteiger partial charge in [0, 0.05) is 6.04 Å². The second-order valence-corrected chi connectivity index (χ2v) is 4.13. The van der Waals surface area contributed by atoms with E-state index in [0.717, 1.165) is 5.92 Å². The number of rotatable bonds is 2. The second kappa shape index (κ2) is 3.51. The fourth-order valence-electron chi connectivity index (χ4n) is 1.86. The highest BCUT2D eigenvalue weighted by atomic mass is 14.7. The maximum atomic E-state index is 6.15. The van der Waals surface area contributed by atoms with Gasteiger partial charge in [0.15, 0.2) is 0 Å². The van der Waals surface area contributed by atoms with E-state index in [1.54, 1.807) is 0 Å². The van der Waals surface area contributed by atoms with Crippen molar-refractivity contribution in [1.29, 1.82) is 0 Å². The van der Waals surface area contributed by atoms with E-state index < -0.39 is 0 Å². The highest BCUT2D eigenvalue weighted by molar-refractivity contribution is 5.24. The molecule has 1 fully saturated rings. The van der Waals surface area contributed by atoms with Crippen molar-refractivity contribution in [2.45, 2.75) is 32.2 Å². The van der Waals surface area contributed by atoms with Crippen molar-refractivity contribution in [3.8, 4) is 0 Å². The molecule has 0 amide bonds. The first-order valence-electron chi connectivity index (χ1n) is 5.09. The Kier molecular flexibility index (Phi) is 2.36. The Morgan fingerprint density at radius 1 is 1.23 bits per heavy atom. The number of benzene rings is 1. The lowest BCUT2D eigenvalue weighted by Crippen LogP contribution is -2.26. The van der Waals surface area contributed by atoms with Gasteiger partial charge in [0.2, 0.25) is 0 Å². The molecule has 70 valence electrons. The van der Waals surface area contributed by atoms with Crippen LogP contribution < -0.4 is 5.73 Å². The molecule has 1 nitrogen and oxygen atoms in total. The lowest BCUT2D eigenvalue weighted by molar-refractivity contribution is 0.264. The number of hydrogen-bond acceptors (Lipinski definition) is 1. The summed E-state index contributed by atoms with van der Waals surface area (Å²) in [4.78, 5) is 0. The van der Waals surface area contributed by atoms with Crippen LogP contribution in [0.25, 0.3) is 0 Å². The monoisotopic (exact) mass is 175 g/mol. The molecule has 1 atom stereocenters. The molecule has 0 saturated heterocycles. The molecule has 0 aliphatic heterocycles. The van der Waals surface area contributed by atoms with Crippen molar-refractivity contribution in [3.05, 3.63) is 35.4 Å². The molecule has 0 radical (unpaired) electrons. The Morgan fingerprint density at radius 3 is 2.31 bits per heavy atom. The summed E-state index contributed by atoms with van der Waals surface area (Å²) < 4.78 is 0. The maximum absolute atomic E-state index is 6.15. The van der Waals surface area contributed by atoms with E-state index in [1.807, 2.05) is 0 Å². The van der Waals surface area contributed by atoms with Crippen LogP contribution in [0.15, 0.2) is 24.3 Å². The first-order valence-corrected chi connectivity index (χ1v) is 5.09. The average molecular weight is 175 g/mol. The lowest BCUT2D eigenvalue weighted by atomic mass is 9.77. The molecule has 0 aromatic heterocycles. The maximum Gasteiger partial charge on any atom is 0.0323 e. The van der Waals surface area contributed by atoms with Crippen molar-refractivity contribution in [2.75, 3.05) is 0 Å². The SMILES string of the molecule is Cc1ccc([C@H](N)C2CCC2)cc1. The van der Waals surface area contributed by atoms with Crippen LogP contribution in [0.1, 0.15) is 36.4 Å². The minimum Gasteiger partial charge on any atom is -0.324 e. The van der Waals surface area contributed by atoms with Crippen LogP contribution in [0.3, 0.4) is 0 Å². The van der Waals surface area contributed by atoms with E-state index in [9.17, 15) is 0 Å². The predicted molar refractivity (Wildman–Crippen MR) is 55.4 cm³/mol. The summed E-state index contributed by atoms with van der Waals surface area (Å²) in [6.45, 7) is 2.11. The van der Waals surface area contributed by atoms with E-state index in [4.69, 9.17) is 5.73 Å². The Balaban J connectivity index is 2.10. The van der Waals surface area contributed by atoms with Gasteiger partial charge in [-0.3, -0.25) is 0 Å². The fraction of sp³-hybridized carbons (Fsp3) is 0.500. The molecule has 1 aliphatic carbocycles. The molecule has 1 aliphatic rings. The molecule has 1 aromatic rings. The quantitative estimate of drug-likeness (QED) is 0.735. The summed E-state index contributed by atoms with van der Waals surface area (Å²) in [6.07, 6.45) is 3.99. The zero-order valence-electron chi connectivity index (χ0n) is 8.16. The second-order valence-electron chi connectivity index (χ2n) is 4.13.